The molecule has 3 nitrogen and oxygen atoms in total. The molecular weight excluding hydrogens is 248 g/mol. The van der Waals surface area contributed by atoms with Gasteiger partial charge in [-0.3, -0.25) is 4.90 Å². The summed E-state index contributed by atoms with van der Waals surface area (Å²) in [6.07, 6.45) is 0. The Morgan fingerprint density at radius 3 is 2.55 bits per heavy atom. The third kappa shape index (κ3) is 3.64. The Kier molecular flexibility index (Phi) is 4.60. The van der Waals surface area contributed by atoms with Gasteiger partial charge in [-0.1, -0.05) is 34.6 Å². The number of nitrogens with one attached hydrogen (secondary N) is 1. The molecular formula is C17H30N2O. The van der Waals surface area contributed by atoms with E-state index in [-0.39, 0.29) is 0 Å². The normalized spacial score (nSPS) is 25.4. The second-order valence-corrected chi connectivity index (χ2v) is 7.58. The molecule has 0 radical (unpaired) electrons. The molecule has 2 heterocycles. The van der Waals surface area contributed by atoms with Crippen molar-refractivity contribution in [1.29, 1.82) is 0 Å². The van der Waals surface area contributed by atoms with E-state index in [4.69, 9.17) is 4.42 Å². The van der Waals surface area contributed by atoms with Gasteiger partial charge in [0.1, 0.15) is 11.5 Å². The first-order valence-electron chi connectivity index (χ1n) is 7.80. The maximum absolute atomic E-state index is 5.77. The molecule has 2 atom stereocenters. The number of nitrogens with zero attached hydrogens (tertiary/aromatic N) is 1. The summed E-state index contributed by atoms with van der Waals surface area (Å²) in [6, 6.07) is 5.29. The highest BCUT2D eigenvalue weighted by atomic mass is 16.3. The van der Waals surface area contributed by atoms with Crippen molar-refractivity contribution in [3.05, 3.63) is 23.7 Å². The van der Waals surface area contributed by atoms with Crippen LogP contribution in [0.5, 0.6) is 0 Å². The van der Waals surface area contributed by atoms with Crippen LogP contribution in [-0.4, -0.2) is 30.1 Å². The number of aryl methyl sites for hydroxylation is 1. The van der Waals surface area contributed by atoms with E-state index in [0.717, 1.165) is 31.2 Å². The highest BCUT2D eigenvalue weighted by molar-refractivity contribution is 5.06. The van der Waals surface area contributed by atoms with Crippen LogP contribution in [0.1, 0.15) is 46.1 Å². The number of piperazine rings is 1. The van der Waals surface area contributed by atoms with Gasteiger partial charge in [0, 0.05) is 25.2 Å². The van der Waals surface area contributed by atoms with Crippen molar-refractivity contribution in [3.63, 3.8) is 0 Å². The van der Waals surface area contributed by atoms with Gasteiger partial charge in [-0.2, -0.15) is 0 Å². The van der Waals surface area contributed by atoms with Gasteiger partial charge in [0.05, 0.1) is 6.54 Å². The van der Waals surface area contributed by atoms with Crippen LogP contribution in [0.15, 0.2) is 16.5 Å². The van der Waals surface area contributed by atoms with Crippen LogP contribution in [0.4, 0.5) is 0 Å². The quantitative estimate of drug-likeness (QED) is 0.918. The van der Waals surface area contributed by atoms with E-state index in [1.807, 2.05) is 6.92 Å². The molecule has 1 fully saturated rings. The van der Waals surface area contributed by atoms with Crippen LogP contribution in [0, 0.1) is 18.3 Å². The number of hydrogen-bond donors (Lipinski definition) is 1. The predicted molar refractivity (Wildman–Crippen MR) is 83.7 cm³/mol. The lowest BCUT2D eigenvalue weighted by Crippen LogP contribution is -2.61. The van der Waals surface area contributed by atoms with E-state index in [1.54, 1.807) is 0 Å². The molecule has 0 spiro atoms. The molecule has 20 heavy (non-hydrogen) atoms. The van der Waals surface area contributed by atoms with E-state index in [0.29, 0.717) is 23.4 Å². The minimum Gasteiger partial charge on any atom is -0.465 e. The van der Waals surface area contributed by atoms with E-state index >= 15 is 0 Å². The first-order chi connectivity index (χ1) is 9.27. The molecule has 1 aliphatic rings. The summed E-state index contributed by atoms with van der Waals surface area (Å²) in [6.45, 7) is 16.7. The molecule has 1 N–H and O–H groups in total. The maximum atomic E-state index is 5.77. The van der Waals surface area contributed by atoms with Gasteiger partial charge < -0.3 is 9.73 Å². The fourth-order valence-electron chi connectivity index (χ4n) is 3.02. The SMILES string of the molecule is Cc1ccc(CN2CC(C(C)(C)C)NCC2C(C)C)o1. The van der Waals surface area contributed by atoms with Gasteiger partial charge in [-0.05, 0) is 30.4 Å². The van der Waals surface area contributed by atoms with E-state index in [1.165, 1.54) is 0 Å². The Hall–Kier alpha value is -0.800. The zero-order valence-electron chi connectivity index (χ0n) is 13.9. The Morgan fingerprint density at radius 2 is 2.05 bits per heavy atom. The van der Waals surface area contributed by atoms with Crippen LogP contribution in [0.2, 0.25) is 0 Å². The molecule has 0 aromatic carbocycles. The number of furan rings is 1. The van der Waals surface area contributed by atoms with Crippen molar-refractivity contribution in [3.8, 4) is 0 Å². The van der Waals surface area contributed by atoms with Crippen LogP contribution in [-0.2, 0) is 6.54 Å². The number of rotatable bonds is 3. The smallest absolute Gasteiger partial charge is 0.118 e. The summed E-state index contributed by atoms with van der Waals surface area (Å²) in [7, 11) is 0. The largest absolute Gasteiger partial charge is 0.465 e. The molecule has 0 bridgehead atoms. The van der Waals surface area contributed by atoms with Crippen LogP contribution in [0.3, 0.4) is 0 Å². The minimum atomic E-state index is 0.291. The average Bonchev–Trinajstić information content (AvgIpc) is 2.73. The Balaban J connectivity index is 2.10. The third-order valence-electron chi connectivity index (χ3n) is 4.43. The lowest BCUT2D eigenvalue weighted by molar-refractivity contribution is 0.0520. The Morgan fingerprint density at radius 1 is 1.35 bits per heavy atom. The zero-order chi connectivity index (χ0) is 14.9. The van der Waals surface area contributed by atoms with Crippen LogP contribution in [0.25, 0.3) is 0 Å². The standard InChI is InChI=1S/C17H30N2O/c1-12(2)15-9-18-16(17(4,5)6)11-19(15)10-14-8-7-13(3)20-14/h7-8,12,15-16,18H,9-11H2,1-6H3. The molecule has 3 heteroatoms. The molecule has 114 valence electrons. The van der Waals surface area contributed by atoms with Crippen molar-refractivity contribution in [1.82, 2.24) is 10.2 Å². The molecule has 2 unspecified atom stereocenters. The number of hydrogen-bond acceptors (Lipinski definition) is 3. The Labute approximate surface area is 123 Å². The second kappa shape index (κ2) is 5.90. The molecule has 1 aliphatic heterocycles. The van der Waals surface area contributed by atoms with E-state index < -0.39 is 0 Å². The molecule has 1 aromatic heterocycles. The molecule has 0 saturated carbocycles. The average molecular weight is 278 g/mol. The van der Waals surface area contributed by atoms with Crippen molar-refractivity contribution in [2.45, 2.75) is 60.2 Å². The van der Waals surface area contributed by atoms with Crippen molar-refractivity contribution < 1.29 is 4.42 Å². The summed E-state index contributed by atoms with van der Waals surface area (Å²) < 4.78 is 5.77. The first-order valence-corrected chi connectivity index (χ1v) is 7.80. The molecule has 0 aliphatic carbocycles. The summed E-state index contributed by atoms with van der Waals surface area (Å²) in [5, 5.41) is 3.74. The first kappa shape index (κ1) is 15.6. The van der Waals surface area contributed by atoms with Gasteiger partial charge in [0.25, 0.3) is 0 Å². The molecule has 1 aromatic rings. The lowest BCUT2D eigenvalue weighted by Gasteiger charge is -2.46. The maximum Gasteiger partial charge on any atom is 0.118 e. The summed E-state index contributed by atoms with van der Waals surface area (Å²) in [5.74, 6) is 2.74. The van der Waals surface area contributed by atoms with Crippen molar-refractivity contribution in [2.75, 3.05) is 13.1 Å². The zero-order valence-corrected chi connectivity index (χ0v) is 13.9. The summed E-state index contributed by atoms with van der Waals surface area (Å²) in [5.41, 5.74) is 0.291. The topological polar surface area (TPSA) is 28.4 Å². The third-order valence-corrected chi connectivity index (χ3v) is 4.43. The van der Waals surface area contributed by atoms with Crippen molar-refractivity contribution >= 4 is 0 Å². The van der Waals surface area contributed by atoms with Gasteiger partial charge in [-0.15, -0.1) is 0 Å². The molecule has 1 saturated heterocycles. The van der Waals surface area contributed by atoms with Gasteiger partial charge in [-0.25, -0.2) is 0 Å². The molecule has 2 rings (SSSR count). The summed E-state index contributed by atoms with van der Waals surface area (Å²) in [4.78, 5) is 2.59. The predicted octanol–water partition coefficient (Wildman–Crippen LogP) is 3.43. The van der Waals surface area contributed by atoms with Gasteiger partial charge in [0.2, 0.25) is 0 Å². The molecule has 0 amide bonds. The van der Waals surface area contributed by atoms with Crippen molar-refractivity contribution in [2.24, 2.45) is 11.3 Å². The van der Waals surface area contributed by atoms with Gasteiger partial charge in [0.15, 0.2) is 0 Å². The second-order valence-electron chi connectivity index (χ2n) is 7.58. The monoisotopic (exact) mass is 278 g/mol. The van der Waals surface area contributed by atoms with Gasteiger partial charge >= 0.3 is 0 Å². The van der Waals surface area contributed by atoms with Crippen LogP contribution >= 0.6 is 0 Å². The van der Waals surface area contributed by atoms with E-state index in [9.17, 15) is 0 Å². The lowest BCUT2D eigenvalue weighted by atomic mass is 9.83. The highest BCUT2D eigenvalue weighted by Crippen LogP contribution is 2.27. The fraction of sp³-hybridized carbons (Fsp3) is 0.765. The minimum absolute atomic E-state index is 0.291. The fourth-order valence-corrected chi connectivity index (χ4v) is 3.02. The highest BCUT2D eigenvalue weighted by Gasteiger charge is 2.35. The van der Waals surface area contributed by atoms with E-state index in [2.05, 4.69) is 57.0 Å². The van der Waals surface area contributed by atoms with Crippen LogP contribution < -0.4 is 5.32 Å². The summed E-state index contributed by atoms with van der Waals surface area (Å²) >= 11 is 0. The Bertz CT molecular complexity index is 430.